The van der Waals surface area contributed by atoms with Crippen molar-refractivity contribution in [2.75, 3.05) is 6.61 Å². The smallest absolute Gasteiger partial charge is 0.148 e. The second kappa shape index (κ2) is 6.92. The Bertz CT molecular complexity index is 593. The van der Waals surface area contributed by atoms with E-state index in [-0.39, 0.29) is 6.04 Å². The molecule has 0 radical (unpaired) electrons. The zero-order valence-electron chi connectivity index (χ0n) is 12.0. The third kappa shape index (κ3) is 3.48. The Morgan fingerprint density at radius 3 is 3.05 bits per heavy atom. The molecule has 114 valence electrons. The number of hydrogen-bond donors (Lipinski definition) is 2. The van der Waals surface area contributed by atoms with E-state index in [0.29, 0.717) is 6.10 Å². The second-order valence-electron chi connectivity index (χ2n) is 5.59. The van der Waals surface area contributed by atoms with Crippen LogP contribution in [-0.2, 0) is 4.74 Å². The highest BCUT2D eigenvalue weighted by molar-refractivity contribution is 9.10. The van der Waals surface area contributed by atoms with Gasteiger partial charge in [-0.2, -0.15) is 0 Å². The van der Waals surface area contributed by atoms with Crippen LogP contribution in [0.15, 0.2) is 33.2 Å². The first-order valence-electron chi connectivity index (χ1n) is 7.53. The highest BCUT2D eigenvalue weighted by Crippen LogP contribution is 2.31. The number of furan rings is 1. The van der Waals surface area contributed by atoms with Crippen LogP contribution in [0.25, 0.3) is 11.0 Å². The molecule has 0 aliphatic carbocycles. The quantitative estimate of drug-likeness (QED) is 0.608. The lowest BCUT2D eigenvalue weighted by atomic mass is 10.0. The van der Waals surface area contributed by atoms with Gasteiger partial charge in [0.2, 0.25) is 0 Å². The highest BCUT2D eigenvalue weighted by atomic mass is 79.9. The van der Waals surface area contributed by atoms with Crippen molar-refractivity contribution in [1.29, 1.82) is 0 Å². The maximum absolute atomic E-state index is 5.95. The molecule has 2 aromatic rings. The van der Waals surface area contributed by atoms with E-state index in [2.05, 4.69) is 27.4 Å². The minimum Gasteiger partial charge on any atom is -0.458 e. The van der Waals surface area contributed by atoms with Crippen molar-refractivity contribution in [3.63, 3.8) is 0 Å². The number of hydrazine groups is 1. The summed E-state index contributed by atoms with van der Waals surface area (Å²) in [6.45, 7) is 0.917. The van der Waals surface area contributed by atoms with Crippen LogP contribution in [0, 0.1) is 0 Å². The van der Waals surface area contributed by atoms with Gasteiger partial charge in [0, 0.05) is 12.0 Å². The lowest BCUT2D eigenvalue weighted by Gasteiger charge is -2.14. The molecule has 0 spiro atoms. The average Bonchev–Trinajstić information content (AvgIpc) is 3.13. The number of para-hydroxylation sites is 1. The van der Waals surface area contributed by atoms with Gasteiger partial charge in [0.25, 0.3) is 0 Å². The minimum absolute atomic E-state index is 0.0469. The molecule has 21 heavy (non-hydrogen) atoms. The van der Waals surface area contributed by atoms with Crippen molar-refractivity contribution in [3.8, 4) is 0 Å². The van der Waals surface area contributed by atoms with Crippen molar-refractivity contribution in [3.05, 3.63) is 34.5 Å². The van der Waals surface area contributed by atoms with E-state index in [1.54, 1.807) is 0 Å². The summed E-state index contributed by atoms with van der Waals surface area (Å²) >= 11 is 3.52. The molecular weight excluding hydrogens is 332 g/mol. The summed E-state index contributed by atoms with van der Waals surface area (Å²) in [5.74, 6) is 6.60. The number of halogens is 1. The SMILES string of the molecule is NNC(CCCC1CCCO1)c1cc2cccc(Br)c2o1. The Morgan fingerprint density at radius 1 is 1.43 bits per heavy atom. The topological polar surface area (TPSA) is 60.4 Å². The van der Waals surface area contributed by atoms with E-state index in [0.717, 1.165) is 47.1 Å². The van der Waals surface area contributed by atoms with E-state index in [1.165, 1.54) is 12.8 Å². The molecule has 2 unspecified atom stereocenters. The molecule has 1 aromatic carbocycles. The zero-order chi connectivity index (χ0) is 14.7. The van der Waals surface area contributed by atoms with E-state index < -0.39 is 0 Å². The maximum atomic E-state index is 5.95. The van der Waals surface area contributed by atoms with Crippen LogP contribution in [0.2, 0.25) is 0 Å². The Labute approximate surface area is 133 Å². The Kier molecular flexibility index (Phi) is 4.95. The Morgan fingerprint density at radius 2 is 2.33 bits per heavy atom. The summed E-state index contributed by atoms with van der Waals surface area (Å²) in [6.07, 6.45) is 5.96. The van der Waals surface area contributed by atoms with Crippen LogP contribution in [0.1, 0.15) is 43.9 Å². The van der Waals surface area contributed by atoms with E-state index >= 15 is 0 Å². The fraction of sp³-hybridized carbons (Fsp3) is 0.500. The molecule has 2 heterocycles. The largest absolute Gasteiger partial charge is 0.458 e. The first-order valence-corrected chi connectivity index (χ1v) is 8.33. The van der Waals surface area contributed by atoms with Gasteiger partial charge in [0.1, 0.15) is 11.3 Å². The number of ether oxygens (including phenoxy) is 1. The number of rotatable bonds is 6. The summed E-state index contributed by atoms with van der Waals surface area (Å²) < 4.78 is 12.6. The molecule has 2 atom stereocenters. The molecule has 0 amide bonds. The third-order valence-corrected chi connectivity index (χ3v) is 4.73. The number of nitrogens with one attached hydrogen (secondary N) is 1. The Balaban J connectivity index is 1.64. The molecule has 1 saturated heterocycles. The molecule has 1 aromatic heterocycles. The molecule has 3 rings (SSSR count). The number of hydrogen-bond acceptors (Lipinski definition) is 4. The van der Waals surface area contributed by atoms with Gasteiger partial charge in [-0.15, -0.1) is 0 Å². The van der Waals surface area contributed by atoms with Crippen LogP contribution in [0.5, 0.6) is 0 Å². The molecule has 0 saturated carbocycles. The number of benzene rings is 1. The van der Waals surface area contributed by atoms with Crippen molar-refractivity contribution in [1.82, 2.24) is 5.43 Å². The fourth-order valence-electron chi connectivity index (χ4n) is 2.95. The lowest BCUT2D eigenvalue weighted by Crippen LogP contribution is -2.27. The highest BCUT2D eigenvalue weighted by Gasteiger charge is 2.19. The number of nitrogens with two attached hydrogens (primary N) is 1. The molecule has 1 aliphatic heterocycles. The molecule has 1 aliphatic rings. The number of fused-ring (bicyclic) bond motifs is 1. The lowest BCUT2D eigenvalue weighted by molar-refractivity contribution is 0.101. The van der Waals surface area contributed by atoms with Crippen molar-refractivity contribution < 1.29 is 9.15 Å². The van der Waals surface area contributed by atoms with E-state index in [1.807, 2.05) is 18.2 Å². The van der Waals surface area contributed by atoms with Crippen LogP contribution in [0.3, 0.4) is 0 Å². The van der Waals surface area contributed by atoms with Crippen LogP contribution in [0.4, 0.5) is 0 Å². The van der Waals surface area contributed by atoms with Gasteiger partial charge in [-0.3, -0.25) is 5.84 Å². The molecule has 5 heteroatoms. The van der Waals surface area contributed by atoms with Gasteiger partial charge < -0.3 is 9.15 Å². The molecule has 0 bridgehead atoms. The molecule has 1 fully saturated rings. The summed E-state index contributed by atoms with van der Waals surface area (Å²) in [4.78, 5) is 0. The standard InChI is InChI=1S/C16H21BrN2O2/c17-13-7-1-4-11-10-15(21-16(11)13)14(19-18)8-2-5-12-6-3-9-20-12/h1,4,7,10,12,14,19H,2-3,5-6,8-9,18H2. The molecule has 3 N–H and O–H groups in total. The van der Waals surface area contributed by atoms with Crippen LogP contribution >= 0.6 is 15.9 Å². The minimum atomic E-state index is 0.0469. The maximum Gasteiger partial charge on any atom is 0.148 e. The van der Waals surface area contributed by atoms with Gasteiger partial charge in [0.15, 0.2) is 0 Å². The van der Waals surface area contributed by atoms with Gasteiger partial charge in [-0.25, -0.2) is 5.43 Å². The van der Waals surface area contributed by atoms with Crippen LogP contribution < -0.4 is 11.3 Å². The Hall–Kier alpha value is -0.880. The van der Waals surface area contributed by atoms with Gasteiger partial charge in [-0.1, -0.05) is 12.1 Å². The van der Waals surface area contributed by atoms with Crippen molar-refractivity contribution >= 4 is 26.9 Å². The summed E-state index contributed by atoms with van der Waals surface area (Å²) in [6, 6.07) is 8.15. The normalized spacial score (nSPS) is 20.2. The van der Waals surface area contributed by atoms with E-state index in [4.69, 9.17) is 15.0 Å². The van der Waals surface area contributed by atoms with Crippen LogP contribution in [-0.4, -0.2) is 12.7 Å². The van der Waals surface area contributed by atoms with Gasteiger partial charge in [-0.05, 0) is 60.2 Å². The van der Waals surface area contributed by atoms with Gasteiger partial charge in [0.05, 0.1) is 16.6 Å². The third-order valence-electron chi connectivity index (χ3n) is 4.10. The summed E-state index contributed by atoms with van der Waals surface area (Å²) in [5.41, 5.74) is 3.76. The zero-order valence-corrected chi connectivity index (χ0v) is 13.6. The summed E-state index contributed by atoms with van der Waals surface area (Å²) in [7, 11) is 0. The fourth-order valence-corrected chi connectivity index (χ4v) is 3.41. The van der Waals surface area contributed by atoms with E-state index in [9.17, 15) is 0 Å². The average molecular weight is 353 g/mol. The second-order valence-corrected chi connectivity index (χ2v) is 6.45. The molecular formula is C16H21BrN2O2. The predicted octanol–water partition coefficient (Wildman–Crippen LogP) is 4.05. The van der Waals surface area contributed by atoms with Crippen molar-refractivity contribution in [2.45, 2.75) is 44.2 Å². The first-order chi connectivity index (χ1) is 10.3. The summed E-state index contributed by atoms with van der Waals surface area (Å²) in [5, 5.41) is 1.10. The van der Waals surface area contributed by atoms with Crippen molar-refractivity contribution in [2.24, 2.45) is 5.84 Å². The predicted molar refractivity (Wildman–Crippen MR) is 86.8 cm³/mol. The molecule has 4 nitrogen and oxygen atoms in total. The monoisotopic (exact) mass is 352 g/mol. The first kappa shape index (κ1) is 15.0. The van der Waals surface area contributed by atoms with Gasteiger partial charge >= 0.3 is 0 Å².